The Morgan fingerprint density at radius 1 is 0.794 bits per heavy atom. The van der Waals surface area contributed by atoms with Crippen LogP contribution in [0.3, 0.4) is 0 Å². The minimum atomic E-state index is -3.65. The van der Waals surface area contributed by atoms with E-state index >= 15 is 0 Å². The number of hydrogen-bond acceptors (Lipinski definition) is 5. The average Bonchev–Trinajstić information content (AvgIpc) is 2.83. The van der Waals surface area contributed by atoms with E-state index in [1.165, 1.54) is 0 Å². The standard InChI is InChI=1S/C26H28N2O5S/c1-34(31,32)28-24(18-21-13-7-3-8-14-21)26(30)33-19-23(17-20-11-5-2-6-12-20)27-25(29)22-15-9-4-10-16-22/h2-16,23-24,28H,17-19H2,1H3,(H,27,29)/t23-,24+/m1/s1. The van der Waals surface area contributed by atoms with E-state index in [0.717, 1.165) is 17.4 Å². The minimum Gasteiger partial charge on any atom is -0.462 e. The number of carbonyl (C=O) groups excluding carboxylic acids is 2. The van der Waals surface area contributed by atoms with Crippen molar-refractivity contribution in [1.29, 1.82) is 0 Å². The van der Waals surface area contributed by atoms with Crippen LogP contribution in [0.15, 0.2) is 91.0 Å². The highest BCUT2D eigenvalue weighted by molar-refractivity contribution is 7.88. The predicted octanol–water partition coefficient (Wildman–Crippen LogP) is 2.73. The Balaban J connectivity index is 1.71. The molecule has 34 heavy (non-hydrogen) atoms. The van der Waals surface area contributed by atoms with Gasteiger partial charge in [0.15, 0.2) is 0 Å². The first-order valence-corrected chi connectivity index (χ1v) is 12.8. The van der Waals surface area contributed by atoms with Crippen LogP contribution < -0.4 is 10.0 Å². The van der Waals surface area contributed by atoms with Gasteiger partial charge in [0.05, 0.1) is 12.3 Å². The van der Waals surface area contributed by atoms with Crippen molar-refractivity contribution in [2.45, 2.75) is 24.9 Å². The molecule has 1 amide bonds. The third-order valence-corrected chi connectivity index (χ3v) is 5.76. The lowest BCUT2D eigenvalue weighted by Gasteiger charge is -2.22. The van der Waals surface area contributed by atoms with Gasteiger partial charge in [-0.25, -0.2) is 13.1 Å². The number of esters is 1. The second kappa shape index (κ2) is 12.1. The van der Waals surface area contributed by atoms with Gasteiger partial charge >= 0.3 is 5.97 Å². The van der Waals surface area contributed by atoms with Crippen molar-refractivity contribution in [3.8, 4) is 0 Å². The molecule has 0 heterocycles. The van der Waals surface area contributed by atoms with E-state index in [1.54, 1.807) is 24.3 Å². The Kier molecular flexibility index (Phi) is 8.95. The van der Waals surface area contributed by atoms with Crippen molar-refractivity contribution >= 4 is 21.9 Å². The molecule has 0 aliphatic carbocycles. The monoisotopic (exact) mass is 480 g/mol. The van der Waals surface area contributed by atoms with Crippen molar-refractivity contribution in [1.82, 2.24) is 10.0 Å². The molecule has 0 saturated carbocycles. The summed E-state index contributed by atoms with van der Waals surface area (Å²) in [5, 5.41) is 2.92. The number of nitrogens with one attached hydrogen (secondary N) is 2. The summed E-state index contributed by atoms with van der Waals surface area (Å²) in [4.78, 5) is 25.6. The van der Waals surface area contributed by atoms with Gasteiger partial charge in [-0.15, -0.1) is 0 Å². The topological polar surface area (TPSA) is 102 Å². The lowest BCUT2D eigenvalue weighted by atomic mass is 10.1. The van der Waals surface area contributed by atoms with E-state index in [9.17, 15) is 18.0 Å². The highest BCUT2D eigenvalue weighted by atomic mass is 32.2. The van der Waals surface area contributed by atoms with Crippen LogP contribution >= 0.6 is 0 Å². The highest BCUT2D eigenvalue weighted by Crippen LogP contribution is 2.09. The second-order valence-corrected chi connectivity index (χ2v) is 9.77. The number of ether oxygens (including phenoxy) is 1. The molecular formula is C26H28N2O5S. The fraction of sp³-hybridized carbons (Fsp3) is 0.231. The van der Waals surface area contributed by atoms with Crippen LogP contribution in [0.25, 0.3) is 0 Å². The van der Waals surface area contributed by atoms with Gasteiger partial charge in [0.2, 0.25) is 10.0 Å². The summed E-state index contributed by atoms with van der Waals surface area (Å²) in [6.45, 7) is -0.108. The molecule has 0 aromatic heterocycles. The molecule has 0 saturated heterocycles. The Labute approximate surface area is 200 Å². The maximum atomic E-state index is 12.9. The molecule has 0 unspecified atom stereocenters. The number of carbonyl (C=O) groups is 2. The van der Waals surface area contributed by atoms with Gasteiger partial charge in [-0.1, -0.05) is 78.9 Å². The fourth-order valence-corrected chi connectivity index (χ4v) is 4.17. The molecular weight excluding hydrogens is 452 g/mol. The van der Waals surface area contributed by atoms with Crippen LogP contribution in [0.4, 0.5) is 0 Å². The Morgan fingerprint density at radius 3 is 1.82 bits per heavy atom. The van der Waals surface area contributed by atoms with Crippen molar-refractivity contribution in [3.63, 3.8) is 0 Å². The molecule has 0 radical (unpaired) electrons. The van der Waals surface area contributed by atoms with E-state index in [0.29, 0.717) is 12.0 Å². The van der Waals surface area contributed by atoms with Crippen molar-refractivity contribution in [2.75, 3.05) is 12.9 Å². The van der Waals surface area contributed by atoms with Gasteiger partial charge in [0.25, 0.3) is 5.91 Å². The molecule has 2 N–H and O–H groups in total. The van der Waals surface area contributed by atoms with Gasteiger partial charge in [-0.05, 0) is 36.1 Å². The summed E-state index contributed by atoms with van der Waals surface area (Å²) in [7, 11) is -3.65. The maximum absolute atomic E-state index is 12.9. The zero-order valence-electron chi connectivity index (χ0n) is 18.9. The minimum absolute atomic E-state index is 0.108. The van der Waals surface area contributed by atoms with Gasteiger partial charge in [0, 0.05) is 5.56 Å². The van der Waals surface area contributed by atoms with Crippen LogP contribution in [0.1, 0.15) is 21.5 Å². The van der Waals surface area contributed by atoms with E-state index in [-0.39, 0.29) is 18.9 Å². The van der Waals surface area contributed by atoms with Crippen molar-refractivity contribution < 1.29 is 22.7 Å². The molecule has 0 fully saturated rings. The number of rotatable bonds is 11. The number of benzene rings is 3. The lowest BCUT2D eigenvalue weighted by molar-refractivity contribution is -0.146. The van der Waals surface area contributed by atoms with Crippen molar-refractivity contribution in [2.24, 2.45) is 0 Å². The van der Waals surface area contributed by atoms with Gasteiger partial charge in [-0.3, -0.25) is 9.59 Å². The van der Waals surface area contributed by atoms with E-state index < -0.39 is 28.1 Å². The molecule has 0 bridgehead atoms. The lowest BCUT2D eigenvalue weighted by Crippen LogP contribution is -2.45. The molecule has 3 aromatic carbocycles. The van der Waals surface area contributed by atoms with Crippen LogP contribution in [0, 0.1) is 0 Å². The zero-order valence-corrected chi connectivity index (χ0v) is 19.7. The van der Waals surface area contributed by atoms with Gasteiger partial charge in [-0.2, -0.15) is 0 Å². The van der Waals surface area contributed by atoms with E-state index in [4.69, 9.17) is 4.74 Å². The normalized spacial score (nSPS) is 13.0. The second-order valence-electron chi connectivity index (χ2n) is 7.99. The fourth-order valence-electron chi connectivity index (χ4n) is 3.47. The first kappa shape index (κ1) is 25.1. The molecule has 3 rings (SSSR count). The summed E-state index contributed by atoms with van der Waals surface area (Å²) in [5.41, 5.74) is 2.25. The molecule has 8 heteroatoms. The zero-order chi connectivity index (χ0) is 24.4. The Morgan fingerprint density at radius 2 is 1.29 bits per heavy atom. The van der Waals surface area contributed by atoms with E-state index in [1.807, 2.05) is 66.7 Å². The van der Waals surface area contributed by atoms with Crippen LogP contribution in [-0.4, -0.2) is 45.2 Å². The van der Waals surface area contributed by atoms with Crippen LogP contribution in [0.2, 0.25) is 0 Å². The highest BCUT2D eigenvalue weighted by Gasteiger charge is 2.26. The smallest absolute Gasteiger partial charge is 0.324 e. The predicted molar refractivity (Wildman–Crippen MR) is 131 cm³/mol. The first-order valence-electron chi connectivity index (χ1n) is 10.9. The third kappa shape index (κ3) is 8.46. The first-order chi connectivity index (χ1) is 16.3. The van der Waals surface area contributed by atoms with E-state index in [2.05, 4.69) is 10.0 Å². The SMILES string of the molecule is CS(=O)(=O)N[C@@H](Cc1ccccc1)C(=O)OC[C@@H](Cc1ccccc1)NC(=O)c1ccccc1. The van der Waals surface area contributed by atoms with Gasteiger partial charge in [0.1, 0.15) is 12.6 Å². The maximum Gasteiger partial charge on any atom is 0.324 e. The molecule has 0 aliphatic rings. The molecule has 7 nitrogen and oxygen atoms in total. The Bertz CT molecular complexity index is 1170. The summed E-state index contributed by atoms with van der Waals surface area (Å²) in [6, 6.07) is 25.8. The quantitative estimate of drug-likeness (QED) is 0.411. The molecule has 3 aromatic rings. The van der Waals surface area contributed by atoms with Gasteiger partial charge < -0.3 is 10.1 Å². The summed E-state index contributed by atoms with van der Waals surface area (Å²) >= 11 is 0. The average molecular weight is 481 g/mol. The molecule has 0 aliphatic heterocycles. The molecule has 2 atom stereocenters. The Hall–Kier alpha value is -3.49. The number of sulfonamides is 1. The third-order valence-electron chi connectivity index (χ3n) is 5.05. The molecule has 178 valence electrons. The summed E-state index contributed by atoms with van der Waals surface area (Å²) < 4.78 is 31.6. The number of amides is 1. The van der Waals surface area contributed by atoms with Crippen LogP contribution in [0.5, 0.6) is 0 Å². The summed E-state index contributed by atoms with van der Waals surface area (Å²) in [6.07, 6.45) is 1.58. The molecule has 0 spiro atoms. The number of hydrogen-bond donors (Lipinski definition) is 2. The largest absolute Gasteiger partial charge is 0.462 e. The summed E-state index contributed by atoms with van der Waals surface area (Å²) in [5.74, 6) is -0.992. The van der Waals surface area contributed by atoms with Crippen LogP contribution in [-0.2, 0) is 32.4 Å². The van der Waals surface area contributed by atoms with Crippen molar-refractivity contribution in [3.05, 3.63) is 108 Å².